The van der Waals surface area contributed by atoms with Gasteiger partial charge >= 0.3 is 0 Å². The predicted octanol–water partition coefficient (Wildman–Crippen LogP) is 2.93. The van der Waals surface area contributed by atoms with Crippen molar-refractivity contribution >= 4 is 17.3 Å². The SMILES string of the molecule is ClCc1cccc(NCCN2CCCC2)c1. The van der Waals surface area contributed by atoms with Crippen molar-refractivity contribution in [2.45, 2.75) is 18.7 Å². The number of halogens is 1. The third kappa shape index (κ3) is 3.39. The third-order valence-corrected chi connectivity index (χ3v) is 3.35. The molecular formula is C13H19ClN2. The molecule has 1 aromatic carbocycles. The molecule has 0 saturated carbocycles. The van der Waals surface area contributed by atoms with E-state index in [0.717, 1.165) is 13.1 Å². The van der Waals surface area contributed by atoms with Crippen molar-refractivity contribution in [2.24, 2.45) is 0 Å². The van der Waals surface area contributed by atoms with E-state index in [2.05, 4.69) is 34.5 Å². The van der Waals surface area contributed by atoms with E-state index in [9.17, 15) is 0 Å². The van der Waals surface area contributed by atoms with E-state index in [1.54, 1.807) is 0 Å². The molecule has 1 aromatic rings. The van der Waals surface area contributed by atoms with Crippen LogP contribution in [0, 0.1) is 0 Å². The molecular weight excluding hydrogens is 220 g/mol. The Morgan fingerprint density at radius 1 is 1.25 bits per heavy atom. The van der Waals surface area contributed by atoms with Gasteiger partial charge in [0.2, 0.25) is 0 Å². The Morgan fingerprint density at radius 2 is 2.06 bits per heavy atom. The average Bonchev–Trinajstić information content (AvgIpc) is 2.82. The first-order valence-corrected chi connectivity index (χ1v) is 6.53. The molecule has 0 bridgehead atoms. The minimum Gasteiger partial charge on any atom is -0.384 e. The lowest BCUT2D eigenvalue weighted by atomic mass is 10.2. The maximum Gasteiger partial charge on any atom is 0.0474 e. The maximum atomic E-state index is 5.80. The number of alkyl halides is 1. The lowest BCUT2D eigenvalue weighted by Gasteiger charge is -2.15. The molecule has 1 saturated heterocycles. The minimum absolute atomic E-state index is 0.585. The predicted molar refractivity (Wildman–Crippen MR) is 70.2 cm³/mol. The van der Waals surface area contributed by atoms with Crippen LogP contribution in [0.3, 0.4) is 0 Å². The van der Waals surface area contributed by atoms with Gasteiger partial charge in [-0.1, -0.05) is 12.1 Å². The molecule has 3 heteroatoms. The fraction of sp³-hybridized carbons (Fsp3) is 0.538. The van der Waals surface area contributed by atoms with Crippen molar-refractivity contribution in [3.8, 4) is 0 Å². The van der Waals surface area contributed by atoms with E-state index in [-0.39, 0.29) is 0 Å². The molecule has 0 radical (unpaired) electrons. The third-order valence-electron chi connectivity index (χ3n) is 3.04. The smallest absolute Gasteiger partial charge is 0.0474 e. The second-order valence-electron chi connectivity index (χ2n) is 4.31. The van der Waals surface area contributed by atoms with Gasteiger partial charge in [0, 0.05) is 24.7 Å². The summed E-state index contributed by atoms with van der Waals surface area (Å²) in [5.74, 6) is 0.585. The van der Waals surface area contributed by atoms with Gasteiger partial charge in [-0.3, -0.25) is 0 Å². The minimum atomic E-state index is 0.585. The summed E-state index contributed by atoms with van der Waals surface area (Å²) in [6, 6.07) is 8.32. The van der Waals surface area contributed by atoms with Crippen LogP contribution in [0.25, 0.3) is 0 Å². The number of anilines is 1. The van der Waals surface area contributed by atoms with Gasteiger partial charge in [0.15, 0.2) is 0 Å². The van der Waals surface area contributed by atoms with Crippen molar-refractivity contribution in [3.63, 3.8) is 0 Å². The van der Waals surface area contributed by atoms with Crippen molar-refractivity contribution in [1.82, 2.24) is 4.90 Å². The van der Waals surface area contributed by atoms with Crippen LogP contribution in [-0.4, -0.2) is 31.1 Å². The number of likely N-dealkylation sites (tertiary alicyclic amines) is 1. The first-order chi connectivity index (χ1) is 7.88. The van der Waals surface area contributed by atoms with E-state index in [0.29, 0.717) is 5.88 Å². The summed E-state index contributed by atoms with van der Waals surface area (Å²) in [5, 5.41) is 3.45. The summed E-state index contributed by atoms with van der Waals surface area (Å²) >= 11 is 5.80. The van der Waals surface area contributed by atoms with E-state index >= 15 is 0 Å². The van der Waals surface area contributed by atoms with Crippen molar-refractivity contribution in [2.75, 3.05) is 31.5 Å². The highest BCUT2D eigenvalue weighted by atomic mass is 35.5. The first-order valence-electron chi connectivity index (χ1n) is 5.99. The number of hydrogen-bond acceptors (Lipinski definition) is 2. The van der Waals surface area contributed by atoms with Gasteiger partial charge in [0.05, 0.1) is 0 Å². The molecule has 0 atom stereocenters. The Hall–Kier alpha value is -0.730. The van der Waals surface area contributed by atoms with Crippen LogP contribution in [0.2, 0.25) is 0 Å². The highest BCUT2D eigenvalue weighted by molar-refractivity contribution is 6.17. The van der Waals surface area contributed by atoms with Gasteiger partial charge in [-0.15, -0.1) is 11.6 Å². The van der Waals surface area contributed by atoms with E-state index in [4.69, 9.17) is 11.6 Å². The van der Waals surface area contributed by atoms with Gasteiger partial charge in [-0.2, -0.15) is 0 Å². The van der Waals surface area contributed by atoms with Gasteiger partial charge in [-0.05, 0) is 43.6 Å². The molecule has 1 fully saturated rings. The normalized spacial score (nSPS) is 16.6. The molecule has 1 aliphatic heterocycles. The standard InChI is InChI=1S/C13H19ClN2/c14-11-12-4-3-5-13(10-12)15-6-9-16-7-1-2-8-16/h3-5,10,15H,1-2,6-9,11H2. The molecule has 0 aromatic heterocycles. The highest BCUT2D eigenvalue weighted by Crippen LogP contribution is 2.12. The molecule has 1 N–H and O–H groups in total. The maximum absolute atomic E-state index is 5.80. The largest absolute Gasteiger partial charge is 0.384 e. The number of benzene rings is 1. The van der Waals surface area contributed by atoms with Crippen LogP contribution in [-0.2, 0) is 5.88 Å². The molecule has 88 valence electrons. The molecule has 0 amide bonds. The lowest BCUT2D eigenvalue weighted by molar-refractivity contribution is 0.352. The fourth-order valence-corrected chi connectivity index (χ4v) is 2.30. The summed E-state index contributed by atoms with van der Waals surface area (Å²) in [7, 11) is 0. The lowest BCUT2D eigenvalue weighted by Crippen LogP contribution is -2.25. The Kier molecular flexibility index (Phi) is 4.49. The van der Waals surface area contributed by atoms with E-state index in [1.165, 1.54) is 37.2 Å². The second-order valence-corrected chi connectivity index (χ2v) is 4.58. The van der Waals surface area contributed by atoms with Crippen molar-refractivity contribution in [1.29, 1.82) is 0 Å². The zero-order valence-electron chi connectivity index (χ0n) is 9.58. The molecule has 0 unspecified atom stereocenters. The van der Waals surface area contributed by atoms with Crippen molar-refractivity contribution < 1.29 is 0 Å². The van der Waals surface area contributed by atoms with Crippen LogP contribution < -0.4 is 5.32 Å². The summed E-state index contributed by atoms with van der Waals surface area (Å²) in [6.07, 6.45) is 2.73. The second kappa shape index (κ2) is 6.12. The summed E-state index contributed by atoms with van der Waals surface area (Å²) in [4.78, 5) is 2.51. The van der Waals surface area contributed by atoms with E-state index < -0.39 is 0 Å². The van der Waals surface area contributed by atoms with Gasteiger partial charge in [0.1, 0.15) is 0 Å². The number of nitrogens with one attached hydrogen (secondary N) is 1. The van der Waals surface area contributed by atoms with Gasteiger partial charge in [-0.25, -0.2) is 0 Å². The van der Waals surface area contributed by atoms with Crippen LogP contribution in [0.15, 0.2) is 24.3 Å². The topological polar surface area (TPSA) is 15.3 Å². The number of hydrogen-bond donors (Lipinski definition) is 1. The Labute approximate surface area is 103 Å². The molecule has 16 heavy (non-hydrogen) atoms. The molecule has 1 heterocycles. The molecule has 0 spiro atoms. The Bertz CT molecular complexity index is 321. The first kappa shape index (κ1) is 11.7. The molecule has 0 aliphatic carbocycles. The van der Waals surface area contributed by atoms with Crippen LogP contribution >= 0.6 is 11.6 Å². The van der Waals surface area contributed by atoms with Crippen LogP contribution in [0.1, 0.15) is 18.4 Å². The molecule has 2 nitrogen and oxygen atoms in total. The monoisotopic (exact) mass is 238 g/mol. The summed E-state index contributed by atoms with van der Waals surface area (Å²) in [5.41, 5.74) is 2.35. The number of rotatable bonds is 5. The summed E-state index contributed by atoms with van der Waals surface area (Å²) in [6.45, 7) is 4.70. The Balaban J connectivity index is 1.75. The molecule has 2 rings (SSSR count). The average molecular weight is 239 g/mol. The van der Waals surface area contributed by atoms with Crippen LogP contribution in [0.4, 0.5) is 5.69 Å². The molecule has 1 aliphatic rings. The number of nitrogens with zero attached hydrogens (tertiary/aromatic N) is 1. The fourth-order valence-electron chi connectivity index (χ4n) is 2.13. The zero-order chi connectivity index (χ0) is 11.2. The highest BCUT2D eigenvalue weighted by Gasteiger charge is 2.09. The van der Waals surface area contributed by atoms with Gasteiger partial charge < -0.3 is 10.2 Å². The quantitative estimate of drug-likeness (QED) is 0.794. The summed E-state index contributed by atoms with van der Waals surface area (Å²) < 4.78 is 0. The van der Waals surface area contributed by atoms with E-state index in [1.807, 2.05) is 0 Å². The Morgan fingerprint density at radius 3 is 2.81 bits per heavy atom. The van der Waals surface area contributed by atoms with Crippen LogP contribution in [0.5, 0.6) is 0 Å². The zero-order valence-corrected chi connectivity index (χ0v) is 10.3. The van der Waals surface area contributed by atoms with Gasteiger partial charge in [0.25, 0.3) is 0 Å². The van der Waals surface area contributed by atoms with Crippen molar-refractivity contribution in [3.05, 3.63) is 29.8 Å².